The number of benzene rings is 2. The summed E-state index contributed by atoms with van der Waals surface area (Å²) < 4.78 is 32.6. The van der Waals surface area contributed by atoms with Gasteiger partial charge in [-0.1, -0.05) is 43.0 Å². The molecule has 2 heterocycles. The molecule has 0 saturated heterocycles. The van der Waals surface area contributed by atoms with E-state index in [4.69, 9.17) is 4.74 Å². The molecule has 1 aliphatic rings. The van der Waals surface area contributed by atoms with Gasteiger partial charge < -0.3 is 4.74 Å². The molecule has 1 aliphatic heterocycles. The molecule has 2 amide bonds. The zero-order valence-electron chi connectivity index (χ0n) is 16.2. The van der Waals surface area contributed by atoms with Crippen LogP contribution in [0.15, 0.2) is 78.3 Å². The molecule has 0 fully saturated rings. The van der Waals surface area contributed by atoms with Gasteiger partial charge in [0.25, 0.3) is 10.0 Å². The zero-order chi connectivity index (χ0) is 21.3. The van der Waals surface area contributed by atoms with Gasteiger partial charge in [-0.05, 0) is 35.4 Å². The summed E-state index contributed by atoms with van der Waals surface area (Å²) in [6, 6.07) is 16.3. The monoisotopic (exact) mass is 421 g/mol. The number of ether oxygens (including phenoxy) is 1. The van der Waals surface area contributed by atoms with E-state index in [2.05, 4.69) is 11.6 Å². The number of amides is 2. The van der Waals surface area contributed by atoms with Gasteiger partial charge in [-0.3, -0.25) is 0 Å². The van der Waals surface area contributed by atoms with Crippen molar-refractivity contribution in [3.63, 3.8) is 0 Å². The van der Waals surface area contributed by atoms with Crippen molar-refractivity contribution in [1.82, 2.24) is 9.29 Å². The molecule has 2 aromatic carbocycles. The first-order valence-corrected chi connectivity index (χ1v) is 10.6. The smallest absolute Gasteiger partial charge is 0.344 e. The van der Waals surface area contributed by atoms with Crippen molar-refractivity contribution in [3.8, 4) is 5.75 Å². The molecular weight excluding hydrogens is 402 g/mol. The van der Waals surface area contributed by atoms with E-state index in [1.54, 1.807) is 42.5 Å². The second-order valence-electron chi connectivity index (χ2n) is 6.60. The van der Waals surface area contributed by atoms with Crippen LogP contribution in [0.2, 0.25) is 0 Å². The van der Waals surface area contributed by atoms with Crippen molar-refractivity contribution >= 4 is 33.6 Å². The maximum Gasteiger partial charge on any atom is 0.344 e. The average molecular weight is 421 g/mol. The van der Waals surface area contributed by atoms with Crippen molar-refractivity contribution in [2.45, 2.75) is 11.4 Å². The van der Waals surface area contributed by atoms with Gasteiger partial charge in [0.2, 0.25) is 0 Å². The molecule has 30 heavy (non-hydrogen) atoms. The molecular formula is C22H19N3O4S. The van der Waals surface area contributed by atoms with E-state index in [0.717, 1.165) is 9.87 Å². The molecule has 0 spiro atoms. The third-order valence-electron chi connectivity index (χ3n) is 4.79. The van der Waals surface area contributed by atoms with Crippen LogP contribution >= 0.6 is 0 Å². The fourth-order valence-corrected chi connectivity index (χ4v) is 4.70. The molecule has 7 nitrogen and oxygen atoms in total. The first kappa shape index (κ1) is 19.7. The predicted octanol–water partition coefficient (Wildman–Crippen LogP) is 4.20. The number of aromatic nitrogens is 1. The van der Waals surface area contributed by atoms with Gasteiger partial charge >= 0.3 is 6.03 Å². The SMILES string of the molecule is C=Cc1ccc(CN2C(=O)N(c3cccc(OC)c3)c3ncccc3S2(=O)=O)cc1. The Morgan fingerprint density at radius 2 is 1.87 bits per heavy atom. The molecule has 0 bridgehead atoms. The molecule has 0 N–H and O–H groups in total. The highest BCUT2D eigenvalue weighted by atomic mass is 32.2. The summed E-state index contributed by atoms with van der Waals surface area (Å²) in [4.78, 5) is 18.9. The molecule has 0 radical (unpaired) electrons. The van der Waals surface area contributed by atoms with Gasteiger partial charge in [-0.15, -0.1) is 0 Å². The molecule has 152 valence electrons. The topological polar surface area (TPSA) is 79.8 Å². The highest BCUT2D eigenvalue weighted by molar-refractivity contribution is 7.90. The molecule has 0 unspecified atom stereocenters. The number of fused-ring (bicyclic) bond motifs is 1. The van der Waals surface area contributed by atoms with Gasteiger partial charge in [0.1, 0.15) is 10.6 Å². The number of hydrogen-bond acceptors (Lipinski definition) is 5. The summed E-state index contributed by atoms with van der Waals surface area (Å²) >= 11 is 0. The number of carbonyl (C=O) groups excluding carboxylic acids is 1. The Bertz CT molecular complexity index is 1220. The van der Waals surface area contributed by atoms with E-state index >= 15 is 0 Å². The summed E-state index contributed by atoms with van der Waals surface area (Å²) in [5, 5.41) is 0. The molecule has 3 aromatic rings. The maximum absolute atomic E-state index is 13.4. The molecule has 0 atom stereocenters. The van der Waals surface area contributed by atoms with Crippen LogP contribution in [-0.2, 0) is 16.6 Å². The Kier molecular flexibility index (Phi) is 5.01. The van der Waals surface area contributed by atoms with E-state index in [9.17, 15) is 13.2 Å². The van der Waals surface area contributed by atoms with Gasteiger partial charge in [0.15, 0.2) is 5.82 Å². The number of rotatable bonds is 5. The van der Waals surface area contributed by atoms with Gasteiger partial charge in [-0.25, -0.2) is 27.4 Å². The Morgan fingerprint density at radius 3 is 2.57 bits per heavy atom. The number of carbonyl (C=O) groups is 1. The average Bonchev–Trinajstić information content (AvgIpc) is 2.77. The van der Waals surface area contributed by atoms with Crippen LogP contribution in [-0.4, -0.2) is 30.8 Å². The van der Waals surface area contributed by atoms with Crippen molar-refractivity contribution in [2.75, 3.05) is 12.0 Å². The summed E-state index contributed by atoms with van der Waals surface area (Å²) in [6.45, 7) is 3.61. The zero-order valence-corrected chi connectivity index (χ0v) is 17.0. The van der Waals surface area contributed by atoms with Crippen LogP contribution in [0.25, 0.3) is 6.08 Å². The maximum atomic E-state index is 13.4. The second kappa shape index (κ2) is 7.64. The van der Waals surface area contributed by atoms with E-state index in [-0.39, 0.29) is 17.3 Å². The quantitative estimate of drug-likeness (QED) is 0.617. The minimum Gasteiger partial charge on any atom is -0.497 e. The van der Waals surface area contributed by atoms with Crippen LogP contribution in [0, 0.1) is 0 Å². The van der Waals surface area contributed by atoms with E-state index < -0.39 is 16.1 Å². The Balaban J connectivity index is 1.83. The number of methoxy groups -OCH3 is 1. The lowest BCUT2D eigenvalue weighted by molar-refractivity contribution is 0.229. The highest BCUT2D eigenvalue weighted by Gasteiger charge is 2.43. The van der Waals surface area contributed by atoms with E-state index in [1.165, 1.54) is 30.3 Å². The molecule has 4 rings (SSSR count). The number of hydrogen-bond donors (Lipinski definition) is 0. The number of anilines is 2. The molecule has 1 aromatic heterocycles. The van der Waals surface area contributed by atoms with Gasteiger partial charge in [0, 0.05) is 12.3 Å². The lowest BCUT2D eigenvalue weighted by Crippen LogP contribution is -2.48. The first-order chi connectivity index (χ1) is 14.5. The normalized spacial score (nSPS) is 14.9. The van der Waals surface area contributed by atoms with Crippen LogP contribution in [0.3, 0.4) is 0 Å². The molecule has 8 heteroatoms. The lowest BCUT2D eigenvalue weighted by Gasteiger charge is -2.35. The fraction of sp³-hybridized carbons (Fsp3) is 0.0909. The predicted molar refractivity (Wildman–Crippen MR) is 114 cm³/mol. The van der Waals surface area contributed by atoms with Crippen LogP contribution in [0.4, 0.5) is 16.3 Å². The minimum atomic E-state index is -4.07. The number of pyridine rings is 1. The highest BCUT2D eigenvalue weighted by Crippen LogP contribution is 2.38. The van der Waals surface area contributed by atoms with E-state index in [0.29, 0.717) is 17.0 Å². The number of nitrogens with zero attached hydrogens (tertiary/aromatic N) is 3. The summed E-state index contributed by atoms with van der Waals surface area (Å²) in [7, 11) is -2.55. The standard InChI is InChI=1S/C22H19N3O4S/c1-3-16-9-11-17(12-10-16)15-24-22(26)25(18-6-4-7-19(14-18)29-2)21-20(30(24,27)28)8-5-13-23-21/h3-14H,1,15H2,2H3. The summed E-state index contributed by atoms with van der Waals surface area (Å²) in [5.74, 6) is 0.604. The summed E-state index contributed by atoms with van der Waals surface area (Å²) in [5.41, 5.74) is 2.04. The van der Waals surface area contributed by atoms with Crippen LogP contribution in [0.5, 0.6) is 5.75 Å². The largest absolute Gasteiger partial charge is 0.497 e. The van der Waals surface area contributed by atoms with Crippen LogP contribution in [0.1, 0.15) is 11.1 Å². The second-order valence-corrected chi connectivity index (χ2v) is 8.43. The Hall–Kier alpha value is -3.65. The van der Waals surface area contributed by atoms with E-state index in [1.807, 2.05) is 12.1 Å². The van der Waals surface area contributed by atoms with Crippen molar-refractivity contribution in [1.29, 1.82) is 0 Å². The minimum absolute atomic E-state index is 0.0323. The Labute approximate surface area is 174 Å². The lowest BCUT2D eigenvalue weighted by atomic mass is 10.1. The van der Waals surface area contributed by atoms with Gasteiger partial charge in [-0.2, -0.15) is 0 Å². The first-order valence-electron chi connectivity index (χ1n) is 9.13. The number of sulfonamides is 1. The molecule has 0 saturated carbocycles. The third kappa shape index (κ3) is 3.31. The van der Waals surface area contributed by atoms with Crippen LogP contribution < -0.4 is 9.64 Å². The van der Waals surface area contributed by atoms with Crippen molar-refractivity contribution < 1.29 is 17.9 Å². The van der Waals surface area contributed by atoms with Crippen molar-refractivity contribution in [2.24, 2.45) is 0 Å². The summed E-state index contributed by atoms with van der Waals surface area (Å²) in [6.07, 6.45) is 3.15. The van der Waals surface area contributed by atoms with Gasteiger partial charge in [0.05, 0.1) is 19.3 Å². The molecule has 0 aliphatic carbocycles. The number of urea groups is 1. The fourth-order valence-electron chi connectivity index (χ4n) is 3.24. The Morgan fingerprint density at radius 1 is 1.10 bits per heavy atom. The third-order valence-corrected chi connectivity index (χ3v) is 6.53. The van der Waals surface area contributed by atoms with Crippen molar-refractivity contribution in [3.05, 3.63) is 84.6 Å².